The Morgan fingerprint density at radius 2 is 1.83 bits per heavy atom. The molecule has 122 valence electrons. The summed E-state index contributed by atoms with van der Waals surface area (Å²) in [5, 5.41) is 1.41. The highest BCUT2D eigenvalue weighted by molar-refractivity contribution is 6.35. The summed E-state index contributed by atoms with van der Waals surface area (Å²) in [7, 11) is 0. The molecule has 0 saturated carbocycles. The molecule has 1 aliphatic heterocycles. The maximum atomic E-state index is 6.31. The quantitative estimate of drug-likeness (QED) is 0.887. The molecule has 2 aromatic carbocycles. The summed E-state index contributed by atoms with van der Waals surface area (Å²) in [5.74, 6) is 0.590. The van der Waals surface area contributed by atoms with Crippen LogP contribution in [0.25, 0.3) is 0 Å². The summed E-state index contributed by atoms with van der Waals surface area (Å²) in [5.41, 5.74) is 8.79. The Labute approximate surface area is 148 Å². The van der Waals surface area contributed by atoms with Crippen molar-refractivity contribution in [2.75, 3.05) is 13.1 Å². The van der Waals surface area contributed by atoms with Crippen molar-refractivity contribution in [3.05, 3.63) is 69.7 Å². The van der Waals surface area contributed by atoms with Gasteiger partial charge < -0.3 is 5.73 Å². The molecule has 0 aromatic heterocycles. The molecule has 1 heterocycles. The smallest absolute Gasteiger partial charge is 0.0465 e. The van der Waals surface area contributed by atoms with Gasteiger partial charge in [0.25, 0.3) is 0 Å². The van der Waals surface area contributed by atoms with E-state index in [1.54, 1.807) is 0 Å². The first-order valence-electron chi connectivity index (χ1n) is 8.06. The van der Waals surface area contributed by atoms with Crippen LogP contribution in [0.15, 0.2) is 48.5 Å². The van der Waals surface area contributed by atoms with Gasteiger partial charge in [-0.15, -0.1) is 0 Å². The standard InChI is InChI=1S/C19H22Cl2N2/c20-17-7-6-16(19(21)10-17)12-23-11-15(9-18(22)13-23)8-14-4-2-1-3-5-14/h1-7,10,15,18H,8-9,11-13,22H2. The molecule has 2 nitrogen and oxygen atoms in total. The number of benzene rings is 2. The van der Waals surface area contributed by atoms with Crippen molar-refractivity contribution in [1.82, 2.24) is 4.90 Å². The van der Waals surface area contributed by atoms with Crippen molar-refractivity contribution in [2.24, 2.45) is 11.7 Å². The van der Waals surface area contributed by atoms with Gasteiger partial charge in [0.15, 0.2) is 0 Å². The normalized spacial score (nSPS) is 22.2. The Bertz CT molecular complexity index is 645. The van der Waals surface area contributed by atoms with Crippen molar-refractivity contribution >= 4 is 23.2 Å². The lowest BCUT2D eigenvalue weighted by atomic mass is 9.89. The lowest BCUT2D eigenvalue weighted by molar-refractivity contribution is 0.149. The van der Waals surface area contributed by atoms with Gasteiger partial charge in [-0.05, 0) is 42.0 Å². The van der Waals surface area contributed by atoms with Gasteiger partial charge in [0.05, 0.1) is 0 Å². The third kappa shape index (κ3) is 4.71. The van der Waals surface area contributed by atoms with Crippen LogP contribution in [0.3, 0.4) is 0 Å². The van der Waals surface area contributed by atoms with Gasteiger partial charge in [-0.3, -0.25) is 4.90 Å². The SMILES string of the molecule is NC1CC(Cc2ccccc2)CN(Cc2ccc(Cl)cc2Cl)C1. The van der Waals surface area contributed by atoms with E-state index in [2.05, 4.69) is 35.2 Å². The minimum absolute atomic E-state index is 0.225. The van der Waals surface area contributed by atoms with Crippen molar-refractivity contribution in [2.45, 2.75) is 25.4 Å². The second-order valence-corrected chi connectivity index (χ2v) is 7.32. The maximum Gasteiger partial charge on any atom is 0.0465 e. The lowest BCUT2D eigenvalue weighted by Gasteiger charge is -2.36. The molecule has 0 bridgehead atoms. The molecule has 0 radical (unpaired) electrons. The molecule has 1 aliphatic rings. The largest absolute Gasteiger partial charge is 0.327 e. The molecule has 2 atom stereocenters. The molecule has 4 heteroatoms. The highest BCUT2D eigenvalue weighted by Gasteiger charge is 2.25. The number of nitrogens with zero attached hydrogens (tertiary/aromatic N) is 1. The number of rotatable bonds is 4. The first-order valence-corrected chi connectivity index (χ1v) is 8.81. The number of likely N-dealkylation sites (tertiary alicyclic amines) is 1. The predicted molar refractivity (Wildman–Crippen MR) is 98.0 cm³/mol. The molecule has 2 aromatic rings. The van der Waals surface area contributed by atoms with Crippen molar-refractivity contribution in [1.29, 1.82) is 0 Å². The number of nitrogens with two attached hydrogens (primary N) is 1. The molecular formula is C19H22Cl2N2. The minimum atomic E-state index is 0.225. The maximum absolute atomic E-state index is 6.31. The Morgan fingerprint density at radius 3 is 2.57 bits per heavy atom. The molecule has 0 amide bonds. The van der Waals surface area contributed by atoms with Gasteiger partial charge in [-0.25, -0.2) is 0 Å². The summed E-state index contributed by atoms with van der Waals surface area (Å²) in [6.45, 7) is 2.81. The van der Waals surface area contributed by atoms with Gasteiger partial charge >= 0.3 is 0 Å². The zero-order valence-corrected chi connectivity index (χ0v) is 14.6. The van der Waals surface area contributed by atoms with Crippen LogP contribution in [-0.2, 0) is 13.0 Å². The van der Waals surface area contributed by atoms with Crippen molar-refractivity contribution < 1.29 is 0 Å². The molecule has 1 saturated heterocycles. The third-order valence-electron chi connectivity index (χ3n) is 4.42. The number of halogens is 2. The minimum Gasteiger partial charge on any atom is -0.327 e. The second kappa shape index (κ2) is 7.67. The molecule has 1 fully saturated rings. The zero-order valence-electron chi connectivity index (χ0n) is 13.1. The summed E-state index contributed by atoms with van der Waals surface area (Å²) < 4.78 is 0. The highest BCUT2D eigenvalue weighted by Crippen LogP contribution is 2.26. The Kier molecular flexibility index (Phi) is 5.60. The van der Waals surface area contributed by atoms with Crippen LogP contribution < -0.4 is 5.73 Å². The average Bonchev–Trinajstić information content (AvgIpc) is 2.50. The topological polar surface area (TPSA) is 29.3 Å². The Morgan fingerprint density at radius 1 is 1.04 bits per heavy atom. The van der Waals surface area contributed by atoms with E-state index in [1.165, 1.54) is 5.56 Å². The van der Waals surface area contributed by atoms with E-state index in [4.69, 9.17) is 28.9 Å². The van der Waals surface area contributed by atoms with E-state index < -0.39 is 0 Å². The van der Waals surface area contributed by atoms with Crippen LogP contribution in [0.5, 0.6) is 0 Å². The first-order chi connectivity index (χ1) is 11.1. The highest BCUT2D eigenvalue weighted by atomic mass is 35.5. The summed E-state index contributed by atoms with van der Waals surface area (Å²) in [6, 6.07) is 16.6. The molecule has 2 N–H and O–H groups in total. The van der Waals surface area contributed by atoms with Crippen molar-refractivity contribution in [3.8, 4) is 0 Å². The fraction of sp³-hybridized carbons (Fsp3) is 0.368. The second-order valence-electron chi connectivity index (χ2n) is 6.48. The number of hydrogen-bond acceptors (Lipinski definition) is 2. The molecule has 2 unspecified atom stereocenters. The third-order valence-corrected chi connectivity index (χ3v) is 5.01. The molecule has 0 spiro atoms. The monoisotopic (exact) mass is 348 g/mol. The number of hydrogen-bond donors (Lipinski definition) is 1. The molecule has 23 heavy (non-hydrogen) atoms. The Balaban J connectivity index is 1.65. The predicted octanol–water partition coefficient (Wildman–Crippen LogP) is 4.39. The van der Waals surface area contributed by atoms with Crippen LogP contribution in [0.4, 0.5) is 0 Å². The van der Waals surface area contributed by atoms with E-state index in [-0.39, 0.29) is 6.04 Å². The number of piperidine rings is 1. The Hall–Kier alpha value is -1.06. The van der Waals surface area contributed by atoms with E-state index in [0.29, 0.717) is 10.9 Å². The summed E-state index contributed by atoms with van der Waals surface area (Å²) in [6.07, 6.45) is 2.17. The average molecular weight is 349 g/mol. The first kappa shape index (κ1) is 16.8. The van der Waals surface area contributed by atoms with Crippen LogP contribution in [0, 0.1) is 5.92 Å². The van der Waals surface area contributed by atoms with E-state index in [1.807, 2.05) is 18.2 Å². The molecule has 0 aliphatic carbocycles. The van der Waals surface area contributed by atoms with Gasteiger partial charge in [0, 0.05) is 35.7 Å². The van der Waals surface area contributed by atoms with E-state index in [0.717, 1.165) is 43.1 Å². The van der Waals surface area contributed by atoms with Gasteiger partial charge in [-0.2, -0.15) is 0 Å². The summed E-state index contributed by atoms with van der Waals surface area (Å²) in [4.78, 5) is 2.41. The fourth-order valence-corrected chi connectivity index (χ4v) is 3.93. The molecule has 3 rings (SSSR count). The fourth-order valence-electron chi connectivity index (χ4n) is 3.46. The zero-order chi connectivity index (χ0) is 16.2. The van der Waals surface area contributed by atoms with Gasteiger partial charge in [0.2, 0.25) is 0 Å². The van der Waals surface area contributed by atoms with Crippen LogP contribution in [0.1, 0.15) is 17.5 Å². The van der Waals surface area contributed by atoms with Gasteiger partial charge in [0.1, 0.15) is 0 Å². The molecular weight excluding hydrogens is 327 g/mol. The lowest BCUT2D eigenvalue weighted by Crippen LogP contribution is -2.47. The summed E-state index contributed by atoms with van der Waals surface area (Å²) >= 11 is 12.3. The van der Waals surface area contributed by atoms with Crippen LogP contribution in [0.2, 0.25) is 10.0 Å². The van der Waals surface area contributed by atoms with E-state index in [9.17, 15) is 0 Å². The van der Waals surface area contributed by atoms with Crippen LogP contribution >= 0.6 is 23.2 Å². The van der Waals surface area contributed by atoms with E-state index >= 15 is 0 Å². The van der Waals surface area contributed by atoms with Crippen molar-refractivity contribution in [3.63, 3.8) is 0 Å². The van der Waals surface area contributed by atoms with Crippen LogP contribution in [-0.4, -0.2) is 24.0 Å². The van der Waals surface area contributed by atoms with Gasteiger partial charge in [-0.1, -0.05) is 59.6 Å².